The highest BCUT2D eigenvalue weighted by atomic mass is 32.2. The van der Waals surface area contributed by atoms with E-state index in [0.29, 0.717) is 17.0 Å². The van der Waals surface area contributed by atoms with Crippen molar-refractivity contribution in [2.45, 2.75) is 60.6 Å². The second-order valence-corrected chi connectivity index (χ2v) is 11.6. The van der Waals surface area contributed by atoms with Crippen LogP contribution in [0.2, 0.25) is 0 Å². The number of aliphatic carboxylic acids is 1. The van der Waals surface area contributed by atoms with Crippen LogP contribution in [0.5, 0.6) is 0 Å². The topological polar surface area (TPSA) is 121 Å². The molecule has 2 heterocycles. The summed E-state index contributed by atoms with van der Waals surface area (Å²) in [6, 6.07) is 0.160. The highest BCUT2D eigenvalue weighted by Crippen LogP contribution is 2.59. The molecule has 0 bridgehead atoms. The van der Waals surface area contributed by atoms with Gasteiger partial charge in [0.15, 0.2) is 15.6 Å². The van der Waals surface area contributed by atoms with E-state index in [0.717, 1.165) is 6.07 Å². The molecule has 15 heteroatoms. The lowest BCUT2D eigenvalue weighted by Gasteiger charge is -2.28. The molecule has 1 amide bonds. The summed E-state index contributed by atoms with van der Waals surface area (Å²) in [6.45, 7) is 0.341. The second kappa shape index (κ2) is 8.92. The number of sulfone groups is 1. The predicted octanol–water partition coefficient (Wildman–Crippen LogP) is 3.52. The minimum absolute atomic E-state index is 0.0328. The first kappa shape index (κ1) is 27.8. The number of carboxylic acids is 1. The molecule has 3 atom stereocenters. The number of carbonyl (C=O) groups is 3. The average molecular weight is 566 g/mol. The van der Waals surface area contributed by atoms with Crippen LogP contribution >= 0.6 is 0 Å². The molecule has 1 saturated heterocycles. The molecule has 4 rings (SSSR count). The standard InChI is InChI=1S/C23H20F6N2O6S/c1-11-18(32)14(4-7-30-11)12-2-3-17(15(8-12)22(24,25)26)38(36,37)13-9-16(19(33)34)31(10-13)20(35)21(5-6-21)23(27,28)29/h2-4,7-8,13-14,16H,5-6,9-10H2,1H3,(H,33,34)/t13-,14?,16+/m1/s1. The van der Waals surface area contributed by atoms with Crippen molar-refractivity contribution in [2.75, 3.05) is 6.54 Å². The third-order valence-electron chi connectivity index (χ3n) is 7.11. The van der Waals surface area contributed by atoms with Crippen molar-refractivity contribution < 1.29 is 54.3 Å². The molecule has 2 fully saturated rings. The summed E-state index contributed by atoms with van der Waals surface area (Å²) in [5.74, 6) is -5.14. The fraction of sp³-hybridized carbons (Fsp3) is 0.478. The van der Waals surface area contributed by atoms with Gasteiger partial charge >= 0.3 is 18.3 Å². The number of ketones is 1. The maximum absolute atomic E-state index is 14.0. The van der Waals surface area contributed by atoms with Crippen molar-refractivity contribution in [3.63, 3.8) is 0 Å². The molecule has 0 radical (unpaired) electrons. The Hall–Kier alpha value is -3.23. The van der Waals surface area contributed by atoms with E-state index in [2.05, 4.69) is 4.99 Å². The highest BCUT2D eigenvalue weighted by Gasteiger charge is 2.70. The van der Waals surface area contributed by atoms with Gasteiger partial charge in [-0.3, -0.25) is 14.6 Å². The Morgan fingerprint density at radius 1 is 1.13 bits per heavy atom. The summed E-state index contributed by atoms with van der Waals surface area (Å²) >= 11 is 0. The number of amides is 1. The van der Waals surface area contributed by atoms with E-state index in [-0.39, 0.29) is 11.3 Å². The molecule has 1 aliphatic carbocycles. The first-order valence-electron chi connectivity index (χ1n) is 11.2. The Morgan fingerprint density at radius 3 is 2.29 bits per heavy atom. The fourth-order valence-electron chi connectivity index (χ4n) is 4.77. The molecule has 0 spiro atoms. The molecule has 38 heavy (non-hydrogen) atoms. The van der Waals surface area contributed by atoms with Crippen molar-refractivity contribution in [1.82, 2.24) is 4.90 Å². The van der Waals surface area contributed by atoms with E-state index >= 15 is 0 Å². The van der Waals surface area contributed by atoms with E-state index in [1.54, 1.807) is 0 Å². The fourth-order valence-corrected chi connectivity index (χ4v) is 6.66. The van der Waals surface area contributed by atoms with Gasteiger partial charge < -0.3 is 10.0 Å². The zero-order valence-corrected chi connectivity index (χ0v) is 20.3. The largest absolute Gasteiger partial charge is 0.480 e. The van der Waals surface area contributed by atoms with E-state index < -0.39 is 98.7 Å². The van der Waals surface area contributed by atoms with Gasteiger partial charge in [-0.1, -0.05) is 12.1 Å². The number of likely N-dealkylation sites (tertiary alicyclic amines) is 1. The number of nitrogens with zero attached hydrogens (tertiary/aromatic N) is 2. The summed E-state index contributed by atoms with van der Waals surface area (Å²) in [6.07, 6.45) is -9.86. The SMILES string of the molecule is CC1=NC=CC(c2ccc(S(=O)(=O)[C@@H]3C[C@@H](C(=O)O)N(C(=O)C4(C(F)(F)F)CC4)C3)c(C(F)(F)F)c2)C1=O. The van der Waals surface area contributed by atoms with Crippen molar-refractivity contribution in [3.8, 4) is 0 Å². The molecule has 1 aromatic carbocycles. The number of carboxylic acid groups (broad SMARTS) is 1. The molecule has 1 saturated carbocycles. The Kier molecular flexibility index (Phi) is 6.52. The Bertz CT molecular complexity index is 1380. The molecule has 3 aliphatic rings. The van der Waals surface area contributed by atoms with E-state index in [4.69, 9.17) is 0 Å². The number of Topliss-reactive ketones (excluding diaryl/α,β-unsaturated/α-hetero) is 1. The van der Waals surface area contributed by atoms with Crippen LogP contribution < -0.4 is 0 Å². The van der Waals surface area contributed by atoms with Crippen LogP contribution in [0.25, 0.3) is 0 Å². The van der Waals surface area contributed by atoms with Crippen LogP contribution in [-0.4, -0.2) is 65.8 Å². The summed E-state index contributed by atoms with van der Waals surface area (Å²) < 4.78 is 109. The van der Waals surface area contributed by atoms with Gasteiger partial charge in [-0.25, -0.2) is 13.2 Å². The molecule has 1 aromatic rings. The molecular formula is C23H20F6N2O6S. The predicted molar refractivity (Wildman–Crippen MR) is 118 cm³/mol. The van der Waals surface area contributed by atoms with E-state index in [1.807, 2.05) is 0 Å². The van der Waals surface area contributed by atoms with Crippen molar-refractivity contribution in [2.24, 2.45) is 10.4 Å². The number of halogens is 6. The molecule has 0 aromatic heterocycles. The third-order valence-corrected chi connectivity index (χ3v) is 9.30. The summed E-state index contributed by atoms with van der Waals surface area (Å²) in [4.78, 5) is 39.7. The number of benzene rings is 1. The van der Waals surface area contributed by atoms with Crippen molar-refractivity contribution >= 4 is 33.2 Å². The van der Waals surface area contributed by atoms with Crippen LogP contribution in [0.3, 0.4) is 0 Å². The maximum atomic E-state index is 14.0. The quantitative estimate of drug-likeness (QED) is 0.545. The summed E-state index contributed by atoms with van der Waals surface area (Å²) in [5.41, 5.74) is -4.59. The Morgan fingerprint density at radius 2 is 1.76 bits per heavy atom. The minimum atomic E-state index is -5.22. The van der Waals surface area contributed by atoms with Crippen LogP contribution in [0.15, 0.2) is 40.4 Å². The first-order valence-corrected chi connectivity index (χ1v) is 12.8. The van der Waals surface area contributed by atoms with Gasteiger partial charge in [-0.15, -0.1) is 0 Å². The molecule has 2 aliphatic heterocycles. The molecule has 8 nitrogen and oxygen atoms in total. The third kappa shape index (κ3) is 4.50. The molecule has 206 valence electrons. The van der Waals surface area contributed by atoms with Gasteiger partial charge in [0.25, 0.3) is 0 Å². The van der Waals surface area contributed by atoms with Crippen LogP contribution in [0.4, 0.5) is 26.3 Å². The zero-order chi connectivity index (χ0) is 28.4. The van der Waals surface area contributed by atoms with Crippen molar-refractivity contribution in [3.05, 3.63) is 41.6 Å². The second-order valence-electron chi connectivity index (χ2n) is 9.45. The number of aliphatic imine (C=N–C) groups is 1. The van der Waals surface area contributed by atoms with E-state index in [9.17, 15) is 54.3 Å². The number of hydrogen-bond acceptors (Lipinski definition) is 6. The number of rotatable bonds is 5. The average Bonchev–Trinajstić information content (AvgIpc) is 3.51. The normalized spacial score (nSPS) is 25.3. The maximum Gasteiger partial charge on any atom is 0.417 e. The number of hydrogen-bond donors (Lipinski definition) is 1. The molecular weight excluding hydrogens is 546 g/mol. The molecule has 1 unspecified atom stereocenters. The summed E-state index contributed by atoms with van der Waals surface area (Å²) in [5, 5.41) is 7.58. The number of allylic oxidation sites excluding steroid dienone is 1. The lowest BCUT2D eigenvalue weighted by molar-refractivity contribution is -0.199. The number of carbonyl (C=O) groups excluding carboxylic acids is 2. The highest BCUT2D eigenvalue weighted by molar-refractivity contribution is 7.92. The Labute approximate surface area is 211 Å². The first-order chi connectivity index (χ1) is 17.4. The van der Waals surface area contributed by atoms with Crippen LogP contribution in [0.1, 0.15) is 43.2 Å². The van der Waals surface area contributed by atoms with E-state index in [1.165, 1.54) is 19.2 Å². The van der Waals surface area contributed by atoms with Crippen LogP contribution in [0, 0.1) is 5.41 Å². The van der Waals surface area contributed by atoms with Gasteiger partial charge in [-0.05, 0) is 43.9 Å². The van der Waals surface area contributed by atoms with Crippen LogP contribution in [-0.2, 0) is 30.4 Å². The minimum Gasteiger partial charge on any atom is -0.480 e. The van der Waals surface area contributed by atoms with Gasteiger partial charge in [-0.2, -0.15) is 26.3 Å². The van der Waals surface area contributed by atoms with Gasteiger partial charge in [0.2, 0.25) is 5.91 Å². The monoisotopic (exact) mass is 566 g/mol. The Balaban J connectivity index is 1.72. The number of alkyl halides is 6. The zero-order valence-electron chi connectivity index (χ0n) is 19.5. The van der Waals surface area contributed by atoms with Gasteiger partial charge in [0.05, 0.1) is 27.3 Å². The van der Waals surface area contributed by atoms with Crippen molar-refractivity contribution in [1.29, 1.82) is 0 Å². The molecule has 1 N–H and O–H groups in total. The van der Waals surface area contributed by atoms with Gasteiger partial charge in [0.1, 0.15) is 11.5 Å². The van der Waals surface area contributed by atoms with Gasteiger partial charge in [0, 0.05) is 12.7 Å². The smallest absolute Gasteiger partial charge is 0.417 e. The lowest BCUT2D eigenvalue weighted by atomic mass is 9.90. The lowest BCUT2D eigenvalue weighted by Crippen LogP contribution is -2.48. The summed E-state index contributed by atoms with van der Waals surface area (Å²) in [7, 11) is -5.00.